The Balaban J connectivity index is 1.41. The Bertz CT molecular complexity index is 1360. The van der Waals surface area contributed by atoms with E-state index in [1.54, 1.807) is 48.7 Å². The molecule has 1 aliphatic rings. The minimum atomic E-state index is -3.96. The maximum absolute atomic E-state index is 13.6. The number of carbonyl (C=O) groups is 1. The number of ether oxygens (including phenoxy) is 2. The van der Waals surface area contributed by atoms with Crippen LogP contribution in [0.25, 0.3) is 11.2 Å². The number of nitrogens with zero attached hydrogens (tertiary/aromatic N) is 3. The zero-order chi connectivity index (χ0) is 27.4. The minimum absolute atomic E-state index is 0.00646. The van der Waals surface area contributed by atoms with Crippen LogP contribution in [0.5, 0.6) is 5.75 Å². The van der Waals surface area contributed by atoms with Crippen molar-refractivity contribution in [2.24, 2.45) is 5.92 Å². The molecule has 1 fully saturated rings. The van der Waals surface area contributed by atoms with Gasteiger partial charge in [0.05, 0.1) is 25.1 Å². The molecule has 0 aliphatic carbocycles. The van der Waals surface area contributed by atoms with Gasteiger partial charge < -0.3 is 19.7 Å². The Hall–Kier alpha value is -3.25. The molecule has 0 amide bonds. The lowest BCUT2D eigenvalue weighted by Crippen LogP contribution is -2.36. The fourth-order valence-corrected chi connectivity index (χ4v) is 5.72. The molecule has 0 saturated carbocycles. The van der Waals surface area contributed by atoms with Crippen molar-refractivity contribution in [1.29, 1.82) is 0 Å². The molecule has 0 radical (unpaired) electrons. The number of para-hydroxylation sites is 1. The lowest BCUT2D eigenvalue weighted by molar-refractivity contribution is -0.149. The van der Waals surface area contributed by atoms with Gasteiger partial charge in [-0.05, 0) is 45.7 Å². The minimum Gasteiger partial charge on any atom is -0.462 e. The van der Waals surface area contributed by atoms with E-state index in [0.29, 0.717) is 24.2 Å². The quantitative estimate of drug-likeness (QED) is 0.237. The largest absolute Gasteiger partial charge is 0.462 e. The van der Waals surface area contributed by atoms with Crippen LogP contribution in [0.15, 0.2) is 41.5 Å². The summed E-state index contributed by atoms with van der Waals surface area (Å²) in [6, 6.07) is 7.62. The Morgan fingerprint density at radius 3 is 2.76 bits per heavy atom. The number of nitrogens with two attached hydrogens (primary N) is 1. The predicted molar refractivity (Wildman–Crippen MR) is 139 cm³/mol. The third kappa shape index (κ3) is 6.60. The van der Waals surface area contributed by atoms with E-state index in [2.05, 4.69) is 20.0 Å². The van der Waals surface area contributed by atoms with Gasteiger partial charge >= 0.3 is 13.7 Å². The predicted octanol–water partition coefficient (Wildman–Crippen LogP) is 3.15. The van der Waals surface area contributed by atoms with E-state index in [4.69, 9.17) is 24.3 Å². The second-order valence-electron chi connectivity index (χ2n) is 9.50. The van der Waals surface area contributed by atoms with Crippen molar-refractivity contribution in [3.05, 3.63) is 47.0 Å². The molecule has 14 heteroatoms. The Morgan fingerprint density at radius 1 is 1.32 bits per heavy atom. The van der Waals surface area contributed by atoms with E-state index in [9.17, 15) is 14.2 Å². The number of aromatic nitrogens is 4. The number of imidazole rings is 1. The van der Waals surface area contributed by atoms with Crippen molar-refractivity contribution in [2.75, 3.05) is 12.3 Å². The zero-order valence-electron chi connectivity index (χ0n) is 21.7. The van der Waals surface area contributed by atoms with Gasteiger partial charge in [-0.15, -0.1) is 0 Å². The smallest absolute Gasteiger partial charge is 0.459 e. The standard InChI is InChI=1S/C24H33N6O7P/c1-14(2)35-23(32)16(4)29-38(33,37-17-8-6-5-7-9-17)34-11-10-18-12-15(3)22(36-18)30-13-26-19-20(30)27-24(25)28-21(19)31/h5-9,13-16,18,22H,10-12H2,1-4H3,(H,29,33)(H3,25,27,28,31). The summed E-state index contributed by atoms with van der Waals surface area (Å²) >= 11 is 0. The number of carbonyl (C=O) groups excluding carboxylic acids is 1. The molecule has 3 heterocycles. The summed E-state index contributed by atoms with van der Waals surface area (Å²) in [6.07, 6.45) is 1.61. The molecule has 0 spiro atoms. The number of H-pyrrole nitrogens is 1. The Morgan fingerprint density at radius 2 is 2.05 bits per heavy atom. The fourth-order valence-electron chi connectivity index (χ4n) is 4.21. The third-order valence-corrected chi connectivity index (χ3v) is 7.58. The molecule has 1 saturated heterocycles. The first-order valence-electron chi connectivity index (χ1n) is 12.4. The van der Waals surface area contributed by atoms with Gasteiger partial charge in [0.25, 0.3) is 5.56 Å². The SMILES string of the molecule is CC(C)OC(=O)C(C)NP(=O)(OCCC1CC(C)C(n2cnc3c(=O)[nH]c(N)nc32)O1)Oc1ccccc1. The number of aromatic amines is 1. The van der Waals surface area contributed by atoms with Crippen LogP contribution in [-0.2, 0) is 23.4 Å². The molecular weight excluding hydrogens is 515 g/mol. The summed E-state index contributed by atoms with van der Waals surface area (Å²) in [5.41, 5.74) is 5.81. The number of anilines is 1. The highest BCUT2D eigenvalue weighted by molar-refractivity contribution is 7.52. The number of hydrogen-bond donors (Lipinski definition) is 3. The van der Waals surface area contributed by atoms with E-state index in [1.807, 2.05) is 6.92 Å². The number of rotatable bonds is 11. The van der Waals surface area contributed by atoms with E-state index in [1.165, 1.54) is 13.3 Å². The van der Waals surface area contributed by atoms with Gasteiger partial charge in [-0.1, -0.05) is 25.1 Å². The number of nitrogen functional groups attached to an aromatic ring is 1. The van der Waals surface area contributed by atoms with Gasteiger partial charge in [0, 0.05) is 5.92 Å². The first-order valence-corrected chi connectivity index (χ1v) is 13.9. The molecule has 5 atom stereocenters. The molecule has 4 N–H and O–H groups in total. The van der Waals surface area contributed by atoms with Crippen LogP contribution in [0, 0.1) is 5.92 Å². The average molecular weight is 549 g/mol. The summed E-state index contributed by atoms with van der Waals surface area (Å²) in [5, 5.41) is 2.67. The number of benzene rings is 1. The normalized spacial score (nSPS) is 21.9. The highest BCUT2D eigenvalue weighted by atomic mass is 31.2. The fraction of sp³-hybridized carbons (Fsp3) is 0.500. The Kier molecular flexibility index (Phi) is 8.51. The number of nitrogens with one attached hydrogen (secondary N) is 2. The molecule has 1 aliphatic heterocycles. The average Bonchev–Trinajstić information content (AvgIpc) is 3.42. The van der Waals surface area contributed by atoms with E-state index >= 15 is 0 Å². The van der Waals surface area contributed by atoms with Crippen LogP contribution in [-0.4, -0.2) is 50.3 Å². The van der Waals surface area contributed by atoms with Gasteiger partial charge in [0.15, 0.2) is 11.2 Å². The van der Waals surface area contributed by atoms with Crippen LogP contribution in [0.1, 0.15) is 46.8 Å². The van der Waals surface area contributed by atoms with Crippen LogP contribution < -0.4 is 20.9 Å². The van der Waals surface area contributed by atoms with E-state index < -0.39 is 31.5 Å². The van der Waals surface area contributed by atoms with Crippen LogP contribution in [0.4, 0.5) is 5.95 Å². The number of hydrogen-bond acceptors (Lipinski definition) is 10. The Labute approximate surface area is 219 Å². The van der Waals surface area contributed by atoms with Crippen molar-refractivity contribution < 1.29 is 27.9 Å². The second-order valence-corrected chi connectivity index (χ2v) is 11.2. The summed E-state index contributed by atoms with van der Waals surface area (Å²) in [4.78, 5) is 35.2. The molecule has 13 nitrogen and oxygen atoms in total. The third-order valence-electron chi connectivity index (χ3n) is 5.91. The number of esters is 1. The van der Waals surface area contributed by atoms with E-state index in [0.717, 1.165) is 0 Å². The summed E-state index contributed by atoms with van der Waals surface area (Å²) in [6.45, 7) is 7.03. The summed E-state index contributed by atoms with van der Waals surface area (Å²) in [7, 11) is -3.96. The maximum Gasteiger partial charge on any atom is 0.459 e. The monoisotopic (exact) mass is 548 g/mol. The molecule has 38 heavy (non-hydrogen) atoms. The van der Waals surface area contributed by atoms with Crippen molar-refractivity contribution in [3.63, 3.8) is 0 Å². The maximum atomic E-state index is 13.6. The van der Waals surface area contributed by atoms with Gasteiger partial charge in [0.2, 0.25) is 5.95 Å². The van der Waals surface area contributed by atoms with Gasteiger partial charge in [-0.25, -0.2) is 9.55 Å². The lowest BCUT2D eigenvalue weighted by atomic mass is 10.0. The molecule has 3 aromatic rings. The highest BCUT2D eigenvalue weighted by Gasteiger charge is 2.36. The van der Waals surface area contributed by atoms with Crippen molar-refractivity contribution >= 4 is 30.8 Å². The molecule has 206 valence electrons. The highest BCUT2D eigenvalue weighted by Crippen LogP contribution is 2.45. The molecule has 2 aromatic heterocycles. The zero-order valence-corrected chi connectivity index (χ0v) is 22.6. The molecule has 1 aromatic carbocycles. The first kappa shape index (κ1) is 27.8. The molecular formula is C24H33N6O7P. The van der Waals surface area contributed by atoms with Gasteiger partial charge in [-0.2, -0.15) is 10.1 Å². The topological polar surface area (TPSA) is 173 Å². The van der Waals surface area contributed by atoms with E-state index in [-0.39, 0.29) is 36.2 Å². The lowest BCUT2D eigenvalue weighted by Gasteiger charge is -2.24. The van der Waals surface area contributed by atoms with Crippen molar-refractivity contribution in [1.82, 2.24) is 24.6 Å². The first-order chi connectivity index (χ1) is 18.0. The number of fused-ring (bicyclic) bond motifs is 1. The van der Waals surface area contributed by atoms with Gasteiger partial charge in [0.1, 0.15) is 18.0 Å². The van der Waals surface area contributed by atoms with Crippen LogP contribution >= 0.6 is 7.75 Å². The van der Waals surface area contributed by atoms with Crippen molar-refractivity contribution in [2.45, 2.75) is 65.0 Å². The van der Waals surface area contributed by atoms with Crippen LogP contribution in [0.3, 0.4) is 0 Å². The molecule has 5 unspecified atom stereocenters. The molecule has 4 rings (SSSR count). The van der Waals surface area contributed by atoms with Crippen molar-refractivity contribution in [3.8, 4) is 5.75 Å². The van der Waals surface area contributed by atoms with Crippen LogP contribution in [0.2, 0.25) is 0 Å². The second kappa shape index (κ2) is 11.6. The summed E-state index contributed by atoms with van der Waals surface area (Å²) in [5.74, 6) is -0.187. The molecule has 0 bridgehead atoms. The summed E-state index contributed by atoms with van der Waals surface area (Å²) < 4.78 is 38.1. The van der Waals surface area contributed by atoms with Gasteiger partial charge in [-0.3, -0.25) is 23.7 Å².